The molecule has 0 aliphatic heterocycles. The standard InChI is InChI=1S/C14H12N4O3S/c1-8-15-10(7-22-8)13-17-18-14(21-13)16-12(19)9-5-3-4-6-11(9)20-2/h3-7H,1-2H3,(H,16,18,19). The van der Waals surface area contributed by atoms with Crippen LogP contribution < -0.4 is 10.1 Å². The molecule has 1 aromatic carbocycles. The quantitative estimate of drug-likeness (QED) is 0.796. The van der Waals surface area contributed by atoms with E-state index >= 15 is 0 Å². The lowest BCUT2D eigenvalue weighted by Crippen LogP contribution is -2.13. The number of hydrogen-bond donors (Lipinski definition) is 1. The van der Waals surface area contributed by atoms with Gasteiger partial charge in [-0.1, -0.05) is 17.2 Å². The van der Waals surface area contributed by atoms with Gasteiger partial charge >= 0.3 is 6.01 Å². The molecule has 0 saturated heterocycles. The molecule has 2 aromatic heterocycles. The molecule has 8 heteroatoms. The van der Waals surface area contributed by atoms with E-state index in [1.54, 1.807) is 24.3 Å². The molecule has 0 unspecified atom stereocenters. The van der Waals surface area contributed by atoms with Gasteiger partial charge in [0.05, 0.1) is 17.7 Å². The Bertz CT molecular complexity index is 812. The number of anilines is 1. The van der Waals surface area contributed by atoms with Crippen LogP contribution in [0.2, 0.25) is 0 Å². The maximum atomic E-state index is 12.2. The Morgan fingerprint density at radius 1 is 1.32 bits per heavy atom. The summed E-state index contributed by atoms with van der Waals surface area (Å²) in [6.45, 7) is 1.88. The second kappa shape index (κ2) is 5.94. The van der Waals surface area contributed by atoms with Gasteiger partial charge in [-0.25, -0.2) is 4.98 Å². The minimum Gasteiger partial charge on any atom is -0.496 e. The number of methoxy groups -OCH3 is 1. The molecule has 0 bridgehead atoms. The number of para-hydroxylation sites is 1. The monoisotopic (exact) mass is 316 g/mol. The number of hydrogen-bond acceptors (Lipinski definition) is 7. The molecule has 112 valence electrons. The first-order chi connectivity index (χ1) is 10.7. The second-order valence-corrected chi connectivity index (χ2v) is 5.38. The first kappa shape index (κ1) is 14.2. The van der Waals surface area contributed by atoms with Gasteiger partial charge in [0.1, 0.15) is 11.4 Å². The average molecular weight is 316 g/mol. The van der Waals surface area contributed by atoms with Gasteiger partial charge < -0.3 is 9.15 Å². The van der Waals surface area contributed by atoms with Gasteiger partial charge in [0.25, 0.3) is 11.8 Å². The lowest BCUT2D eigenvalue weighted by atomic mass is 10.2. The summed E-state index contributed by atoms with van der Waals surface area (Å²) < 4.78 is 10.5. The van der Waals surface area contributed by atoms with E-state index in [0.717, 1.165) is 5.01 Å². The molecule has 0 aliphatic carbocycles. The molecule has 7 nitrogen and oxygen atoms in total. The Kier molecular flexibility index (Phi) is 3.84. The summed E-state index contributed by atoms with van der Waals surface area (Å²) in [6, 6.07) is 6.89. The molecule has 3 aromatic rings. The Morgan fingerprint density at radius 3 is 2.86 bits per heavy atom. The van der Waals surface area contributed by atoms with Crippen molar-refractivity contribution in [1.29, 1.82) is 0 Å². The van der Waals surface area contributed by atoms with Gasteiger partial charge in [0, 0.05) is 5.38 Å². The maximum absolute atomic E-state index is 12.2. The van der Waals surface area contributed by atoms with Crippen molar-refractivity contribution in [3.8, 4) is 17.3 Å². The highest BCUT2D eigenvalue weighted by molar-refractivity contribution is 7.09. The zero-order valence-corrected chi connectivity index (χ0v) is 12.7. The fourth-order valence-electron chi connectivity index (χ4n) is 1.84. The van der Waals surface area contributed by atoms with E-state index in [-0.39, 0.29) is 17.8 Å². The first-order valence-corrected chi connectivity index (χ1v) is 7.25. The van der Waals surface area contributed by atoms with Crippen molar-refractivity contribution in [2.45, 2.75) is 6.92 Å². The highest BCUT2D eigenvalue weighted by Gasteiger charge is 2.16. The molecule has 1 amide bonds. The van der Waals surface area contributed by atoms with Crippen LogP contribution in [-0.2, 0) is 0 Å². The van der Waals surface area contributed by atoms with Crippen LogP contribution in [0.1, 0.15) is 15.4 Å². The first-order valence-electron chi connectivity index (χ1n) is 6.38. The van der Waals surface area contributed by atoms with Crippen LogP contribution in [0.4, 0.5) is 6.01 Å². The summed E-state index contributed by atoms with van der Waals surface area (Å²) in [5.41, 5.74) is 0.974. The number of ether oxygens (including phenoxy) is 1. The number of carbonyl (C=O) groups is 1. The molecule has 1 N–H and O–H groups in total. The van der Waals surface area contributed by atoms with Gasteiger partial charge in [-0.05, 0) is 19.1 Å². The highest BCUT2D eigenvalue weighted by Crippen LogP contribution is 2.23. The van der Waals surface area contributed by atoms with Crippen LogP contribution >= 0.6 is 11.3 Å². The van der Waals surface area contributed by atoms with Crippen LogP contribution in [-0.4, -0.2) is 28.2 Å². The Morgan fingerprint density at radius 2 is 2.14 bits per heavy atom. The largest absolute Gasteiger partial charge is 0.496 e. The predicted molar refractivity (Wildman–Crippen MR) is 81.1 cm³/mol. The molecule has 0 radical (unpaired) electrons. The van der Waals surface area contributed by atoms with E-state index in [9.17, 15) is 4.79 Å². The van der Waals surface area contributed by atoms with E-state index in [1.165, 1.54) is 18.4 Å². The molecular formula is C14H12N4O3S. The molecule has 0 fully saturated rings. The number of aryl methyl sites for hydroxylation is 1. The third-order valence-electron chi connectivity index (χ3n) is 2.84. The molecule has 0 aliphatic rings. The van der Waals surface area contributed by atoms with Crippen molar-refractivity contribution in [2.24, 2.45) is 0 Å². The third-order valence-corrected chi connectivity index (χ3v) is 3.61. The van der Waals surface area contributed by atoms with Crippen LogP contribution in [0.5, 0.6) is 5.75 Å². The number of nitrogens with one attached hydrogen (secondary N) is 1. The molecule has 0 atom stereocenters. The van der Waals surface area contributed by atoms with Crippen molar-refractivity contribution in [2.75, 3.05) is 12.4 Å². The highest BCUT2D eigenvalue weighted by atomic mass is 32.1. The van der Waals surface area contributed by atoms with Crippen LogP contribution in [0.25, 0.3) is 11.6 Å². The fourth-order valence-corrected chi connectivity index (χ4v) is 2.42. The molecule has 2 heterocycles. The summed E-state index contributed by atoms with van der Waals surface area (Å²) in [5, 5.41) is 12.9. The molecular weight excluding hydrogens is 304 g/mol. The van der Waals surface area contributed by atoms with E-state index < -0.39 is 0 Å². The van der Waals surface area contributed by atoms with Crippen LogP contribution in [0, 0.1) is 6.92 Å². The van der Waals surface area contributed by atoms with Gasteiger partial charge in [0.15, 0.2) is 0 Å². The maximum Gasteiger partial charge on any atom is 0.322 e. The third kappa shape index (κ3) is 2.82. The normalized spacial score (nSPS) is 10.5. The summed E-state index contributed by atoms with van der Waals surface area (Å²) in [7, 11) is 1.50. The number of aromatic nitrogens is 3. The van der Waals surface area contributed by atoms with Gasteiger partial charge in [-0.3, -0.25) is 10.1 Å². The van der Waals surface area contributed by atoms with E-state index in [1.807, 2.05) is 12.3 Å². The minimum absolute atomic E-state index is 0.0107. The summed E-state index contributed by atoms with van der Waals surface area (Å²) in [4.78, 5) is 16.5. The van der Waals surface area contributed by atoms with Crippen LogP contribution in [0.3, 0.4) is 0 Å². The molecule has 22 heavy (non-hydrogen) atoms. The van der Waals surface area contributed by atoms with Gasteiger partial charge in [-0.15, -0.1) is 16.4 Å². The molecule has 3 rings (SSSR count). The van der Waals surface area contributed by atoms with E-state index in [2.05, 4.69) is 20.5 Å². The average Bonchev–Trinajstić information content (AvgIpc) is 3.16. The Labute approximate surface area is 130 Å². The number of benzene rings is 1. The number of rotatable bonds is 4. The van der Waals surface area contributed by atoms with E-state index in [0.29, 0.717) is 17.0 Å². The second-order valence-electron chi connectivity index (χ2n) is 4.32. The fraction of sp³-hybridized carbons (Fsp3) is 0.143. The Balaban J connectivity index is 1.79. The van der Waals surface area contributed by atoms with E-state index in [4.69, 9.17) is 9.15 Å². The van der Waals surface area contributed by atoms with Crippen molar-refractivity contribution < 1.29 is 13.9 Å². The number of carbonyl (C=O) groups excluding carboxylic acids is 1. The summed E-state index contributed by atoms with van der Waals surface area (Å²) in [6.07, 6.45) is 0. The predicted octanol–water partition coefficient (Wildman–Crippen LogP) is 2.76. The minimum atomic E-state index is -0.387. The number of thiazole rings is 1. The zero-order valence-electron chi connectivity index (χ0n) is 11.9. The molecule has 0 saturated carbocycles. The lowest BCUT2D eigenvalue weighted by molar-refractivity contribution is 0.102. The lowest BCUT2D eigenvalue weighted by Gasteiger charge is -2.06. The summed E-state index contributed by atoms with van der Waals surface area (Å²) in [5.74, 6) is 0.344. The zero-order chi connectivity index (χ0) is 15.5. The van der Waals surface area contributed by atoms with Crippen molar-refractivity contribution >= 4 is 23.3 Å². The smallest absolute Gasteiger partial charge is 0.322 e. The van der Waals surface area contributed by atoms with Crippen molar-refractivity contribution in [1.82, 2.24) is 15.2 Å². The SMILES string of the molecule is COc1ccccc1C(=O)Nc1nnc(-c2csc(C)n2)o1. The van der Waals surface area contributed by atoms with Gasteiger partial charge in [0.2, 0.25) is 0 Å². The Hall–Kier alpha value is -2.74. The van der Waals surface area contributed by atoms with Crippen LogP contribution in [0.15, 0.2) is 34.1 Å². The van der Waals surface area contributed by atoms with Crippen molar-refractivity contribution in [3.05, 3.63) is 40.2 Å². The topological polar surface area (TPSA) is 90.1 Å². The molecule has 0 spiro atoms. The number of amides is 1. The number of nitrogens with zero attached hydrogens (tertiary/aromatic N) is 3. The van der Waals surface area contributed by atoms with Crippen molar-refractivity contribution in [3.63, 3.8) is 0 Å². The van der Waals surface area contributed by atoms with Gasteiger partial charge in [-0.2, -0.15) is 0 Å². The summed E-state index contributed by atoms with van der Waals surface area (Å²) >= 11 is 1.48.